The zero-order chi connectivity index (χ0) is 17.9. The SMILES string of the molecule is COC(=O)C1=C(C)NC(C)=C(C(=O)OC(C)C)C1c1ccncc1. The van der Waals surface area contributed by atoms with Crippen LogP contribution in [0.15, 0.2) is 47.1 Å². The molecule has 0 spiro atoms. The first-order valence-corrected chi connectivity index (χ1v) is 7.74. The maximum Gasteiger partial charge on any atom is 0.337 e. The Bertz CT molecular complexity index is 705. The van der Waals surface area contributed by atoms with E-state index in [-0.39, 0.29) is 6.10 Å². The molecular formula is C18H22N2O4. The Labute approximate surface area is 141 Å². The van der Waals surface area contributed by atoms with Gasteiger partial charge < -0.3 is 14.8 Å². The van der Waals surface area contributed by atoms with E-state index < -0.39 is 17.9 Å². The highest BCUT2D eigenvalue weighted by Crippen LogP contribution is 2.38. The number of nitrogens with zero attached hydrogens (tertiary/aromatic N) is 1. The molecule has 6 nitrogen and oxygen atoms in total. The Balaban J connectivity index is 2.61. The zero-order valence-electron chi connectivity index (χ0n) is 14.5. The quantitative estimate of drug-likeness (QED) is 0.855. The van der Waals surface area contributed by atoms with E-state index in [9.17, 15) is 9.59 Å². The van der Waals surface area contributed by atoms with Crippen LogP contribution in [0.2, 0.25) is 0 Å². The molecule has 0 saturated carbocycles. The lowest BCUT2D eigenvalue weighted by Gasteiger charge is -2.30. The number of carbonyl (C=O) groups excluding carboxylic acids is 2. The van der Waals surface area contributed by atoms with E-state index in [0.717, 1.165) is 5.56 Å². The number of pyridine rings is 1. The number of hydrogen-bond acceptors (Lipinski definition) is 6. The molecule has 0 bridgehead atoms. The van der Waals surface area contributed by atoms with Gasteiger partial charge in [-0.2, -0.15) is 0 Å². The lowest BCUT2D eigenvalue weighted by Crippen LogP contribution is -2.32. The van der Waals surface area contributed by atoms with Gasteiger partial charge in [-0.25, -0.2) is 9.59 Å². The summed E-state index contributed by atoms with van der Waals surface area (Å²) in [5.74, 6) is -1.50. The van der Waals surface area contributed by atoms with Crippen LogP contribution in [-0.2, 0) is 19.1 Å². The summed E-state index contributed by atoms with van der Waals surface area (Å²) in [5.41, 5.74) is 2.89. The molecule has 1 aromatic heterocycles. The average molecular weight is 330 g/mol. The fourth-order valence-corrected chi connectivity index (χ4v) is 2.81. The minimum absolute atomic E-state index is 0.260. The van der Waals surface area contributed by atoms with Crippen molar-refractivity contribution in [2.75, 3.05) is 7.11 Å². The first-order valence-electron chi connectivity index (χ1n) is 7.74. The van der Waals surface area contributed by atoms with E-state index in [0.29, 0.717) is 22.5 Å². The summed E-state index contributed by atoms with van der Waals surface area (Å²) in [4.78, 5) is 29.0. The lowest BCUT2D eigenvalue weighted by molar-refractivity contribution is -0.143. The van der Waals surface area contributed by atoms with Gasteiger partial charge in [0.05, 0.1) is 30.3 Å². The van der Waals surface area contributed by atoms with Gasteiger partial charge in [0.15, 0.2) is 0 Å². The van der Waals surface area contributed by atoms with E-state index >= 15 is 0 Å². The number of ether oxygens (including phenoxy) is 2. The van der Waals surface area contributed by atoms with Crippen molar-refractivity contribution in [3.05, 3.63) is 52.6 Å². The largest absolute Gasteiger partial charge is 0.466 e. The van der Waals surface area contributed by atoms with Crippen LogP contribution in [0.3, 0.4) is 0 Å². The summed E-state index contributed by atoms with van der Waals surface area (Å²) in [7, 11) is 1.32. The molecule has 1 atom stereocenters. The molecule has 2 rings (SSSR count). The van der Waals surface area contributed by atoms with Gasteiger partial charge in [0.1, 0.15) is 0 Å². The second-order valence-electron chi connectivity index (χ2n) is 5.86. The predicted octanol–water partition coefficient (Wildman–Crippen LogP) is 2.44. The Kier molecular flexibility index (Phi) is 5.39. The molecule has 0 radical (unpaired) electrons. The van der Waals surface area contributed by atoms with E-state index in [1.54, 1.807) is 52.2 Å². The number of hydrogen-bond donors (Lipinski definition) is 1. The van der Waals surface area contributed by atoms with Crippen LogP contribution in [0.4, 0.5) is 0 Å². The van der Waals surface area contributed by atoms with Crippen molar-refractivity contribution in [3.8, 4) is 0 Å². The lowest BCUT2D eigenvalue weighted by atomic mass is 9.81. The molecular weight excluding hydrogens is 308 g/mol. The molecule has 1 aromatic rings. The van der Waals surface area contributed by atoms with Crippen LogP contribution in [0, 0.1) is 0 Å². The normalized spacial score (nSPS) is 17.7. The first kappa shape index (κ1) is 17.7. The molecule has 2 heterocycles. The third kappa shape index (κ3) is 3.48. The summed E-state index contributed by atoms with van der Waals surface area (Å²) >= 11 is 0. The minimum Gasteiger partial charge on any atom is -0.466 e. The minimum atomic E-state index is -0.562. The number of dihydropyridines is 1. The number of esters is 2. The van der Waals surface area contributed by atoms with Crippen LogP contribution in [0.25, 0.3) is 0 Å². The Morgan fingerprint density at radius 3 is 2.12 bits per heavy atom. The second kappa shape index (κ2) is 7.29. The summed E-state index contributed by atoms with van der Waals surface area (Å²) in [6.45, 7) is 7.15. The Hall–Kier alpha value is -2.63. The second-order valence-corrected chi connectivity index (χ2v) is 5.86. The highest BCUT2D eigenvalue weighted by atomic mass is 16.5. The molecule has 128 valence electrons. The molecule has 0 aliphatic carbocycles. The van der Waals surface area contributed by atoms with Gasteiger partial charge in [0, 0.05) is 23.8 Å². The molecule has 1 aliphatic heterocycles. The fourth-order valence-electron chi connectivity index (χ4n) is 2.81. The number of methoxy groups -OCH3 is 1. The summed E-state index contributed by atoms with van der Waals surface area (Å²) in [6.07, 6.45) is 2.99. The van der Waals surface area contributed by atoms with Crippen molar-refractivity contribution in [1.82, 2.24) is 10.3 Å². The van der Waals surface area contributed by atoms with Crippen molar-refractivity contribution in [2.45, 2.75) is 39.7 Å². The Morgan fingerprint density at radius 1 is 1.08 bits per heavy atom. The monoisotopic (exact) mass is 330 g/mol. The van der Waals surface area contributed by atoms with Gasteiger partial charge in [-0.15, -0.1) is 0 Å². The fraction of sp³-hybridized carbons (Fsp3) is 0.389. The molecule has 0 fully saturated rings. The summed E-state index contributed by atoms with van der Waals surface area (Å²) in [6, 6.07) is 3.56. The van der Waals surface area contributed by atoms with Crippen LogP contribution in [0.5, 0.6) is 0 Å². The third-order valence-corrected chi connectivity index (χ3v) is 3.77. The van der Waals surface area contributed by atoms with E-state index in [2.05, 4.69) is 10.3 Å². The van der Waals surface area contributed by atoms with Gasteiger partial charge in [0.25, 0.3) is 0 Å². The summed E-state index contributed by atoms with van der Waals surface area (Å²) in [5, 5.41) is 3.09. The maximum atomic E-state index is 12.7. The number of allylic oxidation sites excluding steroid dienone is 2. The average Bonchev–Trinajstić information content (AvgIpc) is 2.53. The van der Waals surface area contributed by atoms with Gasteiger partial charge in [-0.3, -0.25) is 4.98 Å². The van der Waals surface area contributed by atoms with Gasteiger partial charge in [0.2, 0.25) is 0 Å². The van der Waals surface area contributed by atoms with Crippen LogP contribution in [-0.4, -0.2) is 30.1 Å². The Morgan fingerprint density at radius 2 is 1.62 bits per heavy atom. The van der Waals surface area contributed by atoms with Crippen LogP contribution >= 0.6 is 0 Å². The van der Waals surface area contributed by atoms with Gasteiger partial charge >= 0.3 is 11.9 Å². The van der Waals surface area contributed by atoms with Crippen LogP contribution in [0.1, 0.15) is 39.2 Å². The molecule has 1 unspecified atom stereocenters. The highest BCUT2D eigenvalue weighted by Gasteiger charge is 2.37. The first-order chi connectivity index (χ1) is 11.4. The van der Waals surface area contributed by atoms with Gasteiger partial charge in [-0.1, -0.05) is 0 Å². The number of carbonyl (C=O) groups is 2. The smallest absolute Gasteiger partial charge is 0.337 e. The topological polar surface area (TPSA) is 77.5 Å². The van der Waals surface area contributed by atoms with E-state index in [1.165, 1.54) is 7.11 Å². The number of aromatic nitrogens is 1. The van der Waals surface area contributed by atoms with Crippen molar-refractivity contribution < 1.29 is 19.1 Å². The number of rotatable bonds is 4. The number of nitrogens with one attached hydrogen (secondary N) is 1. The predicted molar refractivity (Wildman–Crippen MR) is 88.8 cm³/mol. The third-order valence-electron chi connectivity index (χ3n) is 3.77. The van der Waals surface area contributed by atoms with Crippen molar-refractivity contribution >= 4 is 11.9 Å². The van der Waals surface area contributed by atoms with Crippen molar-refractivity contribution in [3.63, 3.8) is 0 Å². The van der Waals surface area contributed by atoms with Crippen LogP contribution < -0.4 is 5.32 Å². The molecule has 0 aromatic carbocycles. The molecule has 1 aliphatic rings. The molecule has 0 amide bonds. The highest BCUT2D eigenvalue weighted by molar-refractivity contribution is 5.99. The molecule has 24 heavy (non-hydrogen) atoms. The van der Waals surface area contributed by atoms with Crippen molar-refractivity contribution in [1.29, 1.82) is 0 Å². The van der Waals surface area contributed by atoms with Gasteiger partial charge in [-0.05, 0) is 45.4 Å². The standard InChI is InChI=1S/C18H22N2O4/c1-10(2)24-18(22)15-12(4)20-11(3)14(17(21)23-5)16(15)13-6-8-19-9-7-13/h6-10,16,20H,1-5H3. The molecule has 1 N–H and O–H groups in total. The van der Waals surface area contributed by atoms with E-state index in [1.807, 2.05) is 0 Å². The molecule has 6 heteroatoms. The zero-order valence-corrected chi connectivity index (χ0v) is 14.5. The maximum absolute atomic E-state index is 12.7. The molecule has 0 saturated heterocycles. The van der Waals surface area contributed by atoms with Crippen molar-refractivity contribution in [2.24, 2.45) is 0 Å². The summed E-state index contributed by atoms with van der Waals surface area (Å²) < 4.78 is 10.3. The van der Waals surface area contributed by atoms with E-state index in [4.69, 9.17) is 9.47 Å².